The molecule has 0 spiro atoms. The van der Waals surface area contributed by atoms with Gasteiger partial charge in [0.2, 0.25) is 5.91 Å². The van der Waals surface area contributed by atoms with Crippen LogP contribution in [0.3, 0.4) is 0 Å². The van der Waals surface area contributed by atoms with Crippen molar-refractivity contribution < 1.29 is 14.4 Å². The predicted molar refractivity (Wildman–Crippen MR) is 108 cm³/mol. The lowest BCUT2D eigenvalue weighted by Crippen LogP contribution is -2.38. The fourth-order valence-corrected chi connectivity index (χ4v) is 4.36. The van der Waals surface area contributed by atoms with E-state index in [1.807, 2.05) is 17.0 Å². The van der Waals surface area contributed by atoms with Crippen LogP contribution in [0.4, 0.5) is 0 Å². The molecule has 5 rings (SSSR count). The Labute approximate surface area is 168 Å². The van der Waals surface area contributed by atoms with E-state index in [1.54, 1.807) is 24.3 Å². The van der Waals surface area contributed by atoms with Crippen LogP contribution >= 0.6 is 0 Å². The third-order valence-electron chi connectivity index (χ3n) is 5.85. The van der Waals surface area contributed by atoms with Crippen LogP contribution < -0.4 is 0 Å². The molecule has 1 aromatic heterocycles. The molecule has 146 valence electrons. The number of nitrogens with zero attached hydrogens (tertiary/aromatic N) is 3. The Kier molecular flexibility index (Phi) is 4.19. The standard InChI is InChI=1S/C23H21N3O3/c27-21(10-5-11-26-22(28)18-7-2-3-8-19(18)23(26)29)24-12-13-25-17(15-24)14-16-6-1-4-9-20(16)25/h1-4,6-9,14H,5,10-13,15H2. The summed E-state index contributed by atoms with van der Waals surface area (Å²) in [5.41, 5.74) is 3.26. The minimum Gasteiger partial charge on any atom is -0.341 e. The van der Waals surface area contributed by atoms with Crippen LogP contribution in [0.25, 0.3) is 10.9 Å². The molecule has 0 atom stereocenters. The molecule has 0 unspecified atom stereocenters. The third kappa shape index (κ3) is 2.92. The van der Waals surface area contributed by atoms with Gasteiger partial charge in [0.15, 0.2) is 0 Å². The second kappa shape index (κ2) is 6.88. The highest BCUT2D eigenvalue weighted by Gasteiger charge is 2.34. The SMILES string of the molecule is O=C(CCCN1C(=O)c2ccccc2C1=O)N1CCn2c(cc3ccccc32)C1. The van der Waals surface area contributed by atoms with Crippen molar-refractivity contribution in [3.8, 4) is 0 Å². The van der Waals surface area contributed by atoms with Gasteiger partial charge in [-0.1, -0.05) is 30.3 Å². The molecule has 2 aliphatic rings. The van der Waals surface area contributed by atoms with Crippen LogP contribution in [0, 0.1) is 0 Å². The van der Waals surface area contributed by atoms with Crippen molar-refractivity contribution in [2.45, 2.75) is 25.9 Å². The number of para-hydroxylation sites is 1. The largest absolute Gasteiger partial charge is 0.341 e. The van der Waals surface area contributed by atoms with Gasteiger partial charge in [-0.3, -0.25) is 19.3 Å². The normalized spacial score (nSPS) is 15.7. The zero-order chi connectivity index (χ0) is 20.0. The molecule has 3 aromatic rings. The summed E-state index contributed by atoms with van der Waals surface area (Å²) in [5, 5.41) is 1.20. The summed E-state index contributed by atoms with van der Waals surface area (Å²) in [6.45, 7) is 2.33. The van der Waals surface area contributed by atoms with Crippen molar-refractivity contribution in [2.75, 3.05) is 13.1 Å². The van der Waals surface area contributed by atoms with Gasteiger partial charge in [-0.05, 0) is 36.1 Å². The van der Waals surface area contributed by atoms with E-state index in [0.29, 0.717) is 37.1 Å². The van der Waals surface area contributed by atoms with E-state index >= 15 is 0 Å². The first-order valence-corrected chi connectivity index (χ1v) is 9.93. The summed E-state index contributed by atoms with van der Waals surface area (Å²) in [7, 11) is 0. The first kappa shape index (κ1) is 17.7. The molecular formula is C23H21N3O3. The Morgan fingerprint density at radius 3 is 2.34 bits per heavy atom. The van der Waals surface area contributed by atoms with Gasteiger partial charge in [0.1, 0.15) is 0 Å². The van der Waals surface area contributed by atoms with Crippen molar-refractivity contribution in [3.05, 3.63) is 71.4 Å². The molecule has 29 heavy (non-hydrogen) atoms. The van der Waals surface area contributed by atoms with Crippen LogP contribution in [0.5, 0.6) is 0 Å². The third-order valence-corrected chi connectivity index (χ3v) is 5.85. The maximum atomic E-state index is 12.7. The summed E-state index contributed by atoms with van der Waals surface area (Å²) in [6.07, 6.45) is 0.803. The topological polar surface area (TPSA) is 62.6 Å². The van der Waals surface area contributed by atoms with Crippen LogP contribution in [0.2, 0.25) is 0 Å². The van der Waals surface area contributed by atoms with Gasteiger partial charge in [0.25, 0.3) is 11.8 Å². The van der Waals surface area contributed by atoms with Crippen molar-refractivity contribution >= 4 is 28.6 Å². The quantitative estimate of drug-likeness (QED) is 0.647. The zero-order valence-corrected chi connectivity index (χ0v) is 16.0. The predicted octanol–water partition coefficient (Wildman–Crippen LogP) is 3.06. The second-order valence-electron chi connectivity index (χ2n) is 7.57. The Bertz CT molecular complexity index is 1110. The number of imide groups is 1. The monoisotopic (exact) mass is 387 g/mol. The molecule has 0 N–H and O–H groups in total. The number of carbonyl (C=O) groups is 3. The number of rotatable bonds is 4. The lowest BCUT2D eigenvalue weighted by Gasteiger charge is -2.29. The molecule has 2 aromatic carbocycles. The highest BCUT2D eigenvalue weighted by atomic mass is 16.2. The Balaban J connectivity index is 1.20. The maximum Gasteiger partial charge on any atom is 0.261 e. The minimum atomic E-state index is -0.263. The first-order valence-electron chi connectivity index (χ1n) is 9.93. The van der Waals surface area contributed by atoms with E-state index in [0.717, 1.165) is 12.2 Å². The summed E-state index contributed by atoms with van der Waals surface area (Å²) >= 11 is 0. The highest BCUT2D eigenvalue weighted by molar-refractivity contribution is 6.21. The Morgan fingerprint density at radius 1 is 0.897 bits per heavy atom. The van der Waals surface area contributed by atoms with Crippen molar-refractivity contribution in [1.29, 1.82) is 0 Å². The van der Waals surface area contributed by atoms with Crippen LogP contribution in [0.15, 0.2) is 54.6 Å². The number of fused-ring (bicyclic) bond motifs is 4. The van der Waals surface area contributed by atoms with E-state index in [1.165, 1.54) is 15.8 Å². The molecule has 0 radical (unpaired) electrons. The summed E-state index contributed by atoms with van der Waals surface area (Å²) in [6, 6.07) is 17.3. The summed E-state index contributed by atoms with van der Waals surface area (Å²) < 4.78 is 2.28. The van der Waals surface area contributed by atoms with E-state index in [9.17, 15) is 14.4 Å². The maximum absolute atomic E-state index is 12.7. The molecule has 0 aliphatic carbocycles. The van der Waals surface area contributed by atoms with Gasteiger partial charge in [0.05, 0.1) is 17.7 Å². The van der Waals surface area contributed by atoms with Gasteiger partial charge in [-0.2, -0.15) is 0 Å². The Morgan fingerprint density at radius 2 is 1.59 bits per heavy atom. The van der Waals surface area contributed by atoms with Crippen LogP contribution in [-0.2, 0) is 17.9 Å². The summed E-state index contributed by atoms with van der Waals surface area (Å²) in [5.74, 6) is -0.459. The molecule has 0 fully saturated rings. The van der Waals surface area contributed by atoms with Gasteiger partial charge in [0, 0.05) is 37.3 Å². The van der Waals surface area contributed by atoms with Gasteiger partial charge >= 0.3 is 0 Å². The van der Waals surface area contributed by atoms with Crippen molar-refractivity contribution in [2.24, 2.45) is 0 Å². The van der Waals surface area contributed by atoms with Crippen LogP contribution in [0.1, 0.15) is 39.3 Å². The number of hydrogen-bond acceptors (Lipinski definition) is 3. The lowest BCUT2D eigenvalue weighted by molar-refractivity contribution is -0.132. The van der Waals surface area contributed by atoms with E-state index in [-0.39, 0.29) is 24.3 Å². The number of aromatic nitrogens is 1. The molecule has 6 heteroatoms. The van der Waals surface area contributed by atoms with Gasteiger partial charge < -0.3 is 9.47 Å². The van der Waals surface area contributed by atoms with E-state index in [4.69, 9.17) is 0 Å². The number of hydrogen-bond donors (Lipinski definition) is 0. The molecule has 3 heterocycles. The van der Waals surface area contributed by atoms with E-state index < -0.39 is 0 Å². The molecule has 0 saturated heterocycles. The molecule has 0 saturated carbocycles. The van der Waals surface area contributed by atoms with Crippen LogP contribution in [-0.4, -0.2) is 45.2 Å². The first-order chi connectivity index (χ1) is 14.1. The lowest BCUT2D eigenvalue weighted by atomic mass is 10.1. The molecule has 0 bridgehead atoms. The fraction of sp³-hybridized carbons (Fsp3) is 0.261. The Hall–Kier alpha value is -3.41. The average Bonchev–Trinajstić information content (AvgIpc) is 3.24. The minimum absolute atomic E-state index is 0.0677. The average molecular weight is 387 g/mol. The van der Waals surface area contributed by atoms with E-state index in [2.05, 4.69) is 22.8 Å². The zero-order valence-electron chi connectivity index (χ0n) is 16.0. The van der Waals surface area contributed by atoms with Crippen molar-refractivity contribution in [3.63, 3.8) is 0 Å². The summed E-state index contributed by atoms with van der Waals surface area (Å²) in [4.78, 5) is 40.7. The molecule has 3 amide bonds. The number of amides is 3. The highest BCUT2D eigenvalue weighted by Crippen LogP contribution is 2.25. The number of benzene rings is 2. The van der Waals surface area contributed by atoms with Gasteiger partial charge in [-0.15, -0.1) is 0 Å². The second-order valence-corrected chi connectivity index (χ2v) is 7.57. The van der Waals surface area contributed by atoms with Crippen molar-refractivity contribution in [1.82, 2.24) is 14.4 Å². The number of carbonyl (C=O) groups excluding carboxylic acids is 3. The molecule has 6 nitrogen and oxygen atoms in total. The molecular weight excluding hydrogens is 366 g/mol. The smallest absolute Gasteiger partial charge is 0.261 e. The molecule has 2 aliphatic heterocycles. The van der Waals surface area contributed by atoms with Gasteiger partial charge in [-0.25, -0.2) is 0 Å². The fourth-order valence-electron chi connectivity index (χ4n) is 4.36.